The summed E-state index contributed by atoms with van der Waals surface area (Å²) in [5.41, 5.74) is 0.627. The molecule has 2 atom stereocenters. The number of rotatable bonds is 0. The number of hydrogen-bond donors (Lipinski definition) is 1. The van der Waals surface area contributed by atoms with Crippen LogP contribution in [0.15, 0.2) is 5.16 Å². The lowest BCUT2D eigenvalue weighted by atomic mass is 9.60. The Labute approximate surface area is 84.4 Å². The van der Waals surface area contributed by atoms with Crippen LogP contribution in [0.3, 0.4) is 0 Å². The van der Waals surface area contributed by atoms with Crippen LogP contribution in [-0.2, 0) is 0 Å². The molecule has 2 aliphatic carbocycles. The van der Waals surface area contributed by atoms with Crippen molar-refractivity contribution in [1.29, 1.82) is 5.26 Å². The van der Waals surface area contributed by atoms with E-state index in [1.165, 1.54) is 12.8 Å². The number of oxime groups is 1. The van der Waals surface area contributed by atoms with E-state index < -0.39 is 0 Å². The van der Waals surface area contributed by atoms with Crippen molar-refractivity contribution >= 4 is 5.71 Å². The summed E-state index contributed by atoms with van der Waals surface area (Å²) in [6.07, 6.45) is 7.21. The van der Waals surface area contributed by atoms with Gasteiger partial charge >= 0.3 is 0 Å². The SMILES string of the molecule is N#C[C@@]12CCCC[C@H]1CCC(=NO)C2. The normalized spacial score (nSPS) is 40.2. The van der Waals surface area contributed by atoms with Gasteiger partial charge in [0, 0.05) is 6.42 Å². The van der Waals surface area contributed by atoms with Crippen LogP contribution in [0.2, 0.25) is 0 Å². The minimum Gasteiger partial charge on any atom is -0.411 e. The van der Waals surface area contributed by atoms with Crippen LogP contribution in [0.4, 0.5) is 0 Å². The molecule has 0 radical (unpaired) electrons. The molecule has 0 aliphatic heterocycles. The van der Waals surface area contributed by atoms with Crippen molar-refractivity contribution in [2.75, 3.05) is 0 Å². The molecule has 2 saturated carbocycles. The zero-order valence-electron chi connectivity index (χ0n) is 8.37. The number of fused-ring (bicyclic) bond motifs is 1. The van der Waals surface area contributed by atoms with E-state index in [0.29, 0.717) is 12.3 Å². The minimum absolute atomic E-state index is 0.196. The van der Waals surface area contributed by atoms with Gasteiger partial charge in [-0.15, -0.1) is 0 Å². The van der Waals surface area contributed by atoms with Crippen molar-refractivity contribution in [2.24, 2.45) is 16.5 Å². The van der Waals surface area contributed by atoms with Gasteiger partial charge in [0.05, 0.1) is 17.2 Å². The molecule has 3 heteroatoms. The Balaban J connectivity index is 2.22. The lowest BCUT2D eigenvalue weighted by Gasteiger charge is -2.42. The predicted octanol–water partition coefficient (Wildman–Crippen LogP) is 2.70. The molecule has 0 saturated heterocycles. The highest BCUT2D eigenvalue weighted by Crippen LogP contribution is 2.49. The summed E-state index contributed by atoms with van der Waals surface area (Å²) in [5, 5.41) is 21.4. The van der Waals surface area contributed by atoms with Crippen molar-refractivity contribution in [3.05, 3.63) is 0 Å². The van der Waals surface area contributed by atoms with E-state index in [1.807, 2.05) is 0 Å². The fourth-order valence-electron chi connectivity index (χ4n) is 3.03. The summed E-state index contributed by atoms with van der Waals surface area (Å²) in [7, 11) is 0. The molecule has 14 heavy (non-hydrogen) atoms. The molecule has 2 fully saturated rings. The third kappa shape index (κ3) is 1.39. The van der Waals surface area contributed by atoms with E-state index in [4.69, 9.17) is 5.21 Å². The van der Waals surface area contributed by atoms with Crippen molar-refractivity contribution in [1.82, 2.24) is 0 Å². The van der Waals surface area contributed by atoms with Crippen molar-refractivity contribution in [3.8, 4) is 6.07 Å². The Morgan fingerprint density at radius 3 is 3.00 bits per heavy atom. The van der Waals surface area contributed by atoms with Crippen LogP contribution in [-0.4, -0.2) is 10.9 Å². The Hall–Kier alpha value is -1.04. The first-order valence-corrected chi connectivity index (χ1v) is 5.42. The van der Waals surface area contributed by atoms with Crippen molar-refractivity contribution in [3.63, 3.8) is 0 Å². The zero-order valence-corrected chi connectivity index (χ0v) is 8.37. The lowest BCUT2D eigenvalue weighted by Crippen LogP contribution is -2.38. The summed E-state index contributed by atoms with van der Waals surface area (Å²) in [6, 6.07) is 2.49. The van der Waals surface area contributed by atoms with Gasteiger partial charge < -0.3 is 5.21 Å². The van der Waals surface area contributed by atoms with Crippen LogP contribution in [0, 0.1) is 22.7 Å². The fourth-order valence-corrected chi connectivity index (χ4v) is 3.03. The Bertz CT molecular complexity index is 292. The molecule has 0 aromatic rings. The summed E-state index contributed by atoms with van der Waals surface area (Å²) in [4.78, 5) is 0. The maximum Gasteiger partial charge on any atom is 0.0696 e. The van der Waals surface area contributed by atoms with Gasteiger partial charge in [-0.2, -0.15) is 5.26 Å². The largest absolute Gasteiger partial charge is 0.411 e. The number of nitriles is 1. The second-order valence-corrected chi connectivity index (χ2v) is 4.59. The Morgan fingerprint density at radius 2 is 2.29 bits per heavy atom. The second kappa shape index (κ2) is 3.61. The highest BCUT2D eigenvalue weighted by molar-refractivity contribution is 5.85. The van der Waals surface area contributed by atoms with Crippen molar-refractivity contribution < 1.29 is 5.21 Å². The van der Waals surface area contributed by atoms with Gasteiger partial charge in [0.2, 0.25) is 0 Å². The lowest BCUT2D eigenvalue weighted by molar-refractivity contribution is 0.142. The van der Waals surface area contributed by atoms with Gasteiger partial charge in [0.1, 0.15) is 0 Å². The van der Waals surface area contributed by atoms with Crippen LogP contribution >= 0.6 is 0 Å². The molecule has 0 bridgehead atoms. The van der Waals surface area contributed by atoms with Crippen LogP contribution in [0.5, 0.6) is 0 Å². The molecule has 2 rings (SSSR count). The van der Waals surface area contributed by atoms with Crippen LogP contribution < -0.4 is 0 Å². The third-order valence-corrected chi connectivity index (χ3v) is 3.87. The van der Waals surface area contributed by atoms with E-state index in [9.17, 15) is 5.26 Å². The quantitative estimate of drug-likeness (QED) is 0.474. The molecule has 1 N–H and O–H groups in total. The summed E-state index contributed by atoms with van der Waals surface area (Å²) in [6.45, 7) is 0. The van der Waals surface area contributed by atoms with Crippen molar-refractivity contribution in [2.45, 2.75) is 44.9 Å². The monoisotopic (exact) mass is 192 g/mol. The zero-order chi connectivity index (χ0) is 10.0. The van der Waals surface area contributed by atoms with Crippen LogP contribution in [0.1, 0.15) is 44.9 Å². The predicted molar refractivity (Wildman–Crippen MR) is 53.1 cm³/mol. The highest BCUT2D eigenvalue weighted by atomic mass is 16.4. The third-order valence-electron chi connectivity index (χ3n) is 3.87. The van der Waals surface area contributed by atoms with Crippen LogP contribution in [0.25, 0.3) is 0 Å². The van der Waals surface area contributed by atoms with E-state index >= 15 is 0 Å². The van der Waals surface area contributed by atoms with Gasteiger partial charge in [-0.25, -0.2) is 0 Å². The number of hydrogen-bond acceptors (Lipinski definition) is 3. The fraction of sp³-hybridized carbons (Fsp3) is 0.818. The van der Waals surface area contributed by atoms with E-state index in [0.717, 1.165) is 31.4 Å². The van der Waals surface area contributed by atoms with Gasteiger partial charge in [0.15, 0.2) is 0 Å². The van der Waals surface area contributed by atoms with E-state index in [-0.39, 0.29) is 5.41 Å². The molecule has 0 unspecified atom stereocenters. The average Bonchev–Trinajstić information content (AvgIpc) is 2.28. The number of nitrogens with zero attached hydrogens (tertiary/aromatic N) is 2. The summed E-state index contributed by atoms with van der Waals surface area (Å²) in [5.74, 6) is 0.548. The molecule has 2 aliphatic rings. The Kier molecular flexibility index (Phi) is 2.45. The molecular weight excluding hydrogens is 176 g/mol. The van der Waals surface area contributed by atoms with Gasteiger partial charge in [-0.1, -0.05) is 18.0 Å². The molecule has 0 heterocycles. The first kappa shape index (κ1) is 9.51. The Morgan fingerprint density at radius 1 is 1.43 bits per heavy atom. The molecule has 76 valence electrons. The minimum atomic E-state index is -0.196. The molecule has 0 aromatic carbocycles. The summed E-state index contributed by atoms with van der Waals surface area (Å²) >= 11 is 0. The standard InChI is InChI=1S/C11H16N2O/c12-8-11-6-2-1-3-9(11)4-5-10(7-11)13-14/h9,14H,1-7H2/t9-,11-/m0/s1. The smallest absolute Gasteiger partial charge is 0.0696 e. The first-order valence-electron chi connectivity index (χ1n) is 5.42. The van der Waals surface area contributed by atoms with E-state index in [2.05, 4.69) is 11.2 Å². The molecule has 0 amide bonds. The second-order valence-electron chi connectivity index (χ2n) is 4.59. The van der Waals surface area contributed by atoms with E-state index in [1.54, 1.807) is 0 Å². The summed E-state index contributed by atoms with van der Waals surface area (Å²) < 4.78 is 0. The van der Waals surface area contributed by atoms with Gasteiger partial charge in [-0.3, -0.25) is 0 Å². The average molecular weight is 192 g/mol. The van der Waals surface area contributed by atoms with Gasteiger partial charge in [-0.05, 0) is 31.6 Å². The topological polar surface area (TPSA) is 56.4 Å². The first-order chi connectivity index (χ1) is 6.80. The van der Waals surface area contributed by atoms with Gasteiger partial charge in [0.25, 0.3) is 0 Å². The molecule has 0 aromatic heterocycles. The highest BCUT2D eigenvalue weighted by Gasteiger charge is 2.44. The molecule has 3 nitrogen and oxygen atoms in total. The molecule has 0 spiro atoms. The molecular formula is C11H16N2O. The maximum atomic E-state index is 9.30. The maximum absolute atomic E-state index is 9.30.